The van der Waals surface area contributed by atoms with E-state index in [0.29, 0.717) is 12.1 Å². The van der Waals surface area contributed by atoms with E-state index in [1.54, 1.807) is 0 Å². The molecule has 1 fully saturated rings. The standard InChI is InChI=1S/C12H21N3/c1-8(2)15-7-11(6-13-15)10(4)14-12-5-9(12)3/h6-10,12,14H,5H2,1-4H3. The molecule has 84 valence electrons. The second-order valence-electron chi connectivity index (χ2n) is 5.06. The highest BCUT2D eigenvalue weighted by atomic mass is 15.3. The van der Waals surface area contributed by atoms with Crippen LogP contribution in [0.25, 0.3) is 0 Å². The van der Waals surface area contributed by atoms with Gasteiger partial charge in [-0.1, -0.05) is 6.92 Å². The van der Waals surface area contributed by atoms with Gasteiger partial charge in [-0.2, -0.15) is 5.10 Å². The largest absolute Gasteiger partial charge is 0.307 e. The number of aromatic nitrogens is 2. The zero-order chi connectivity index (χ0) is 11.0. The summed E-state index contributed by atoms with van der Waals surface area (Å²) in [7, 11) is 0. The van der Waals surface area contributed by atoms with Gasteiger partial charge >= 0.3 is 0 Å². The van der Waals surface area contributed by atoms with E-state index in [2.05, 4.69) is 44.3 Å². The van der Waals surface area contributed by atoms with Gasteiger partial charge in [-0.25, -0.2) is 0 Å². The highest BCUT2D eigenvalue weighted by Crippen LogP contribution is 2.31. The fourth-order valence-corrected chi connectivity index (χ4v) is 1.83. The monoisotopic (exact) mass is 207 g/mol. The second kappa shape index (κ2) is 3.97. The molecule has 0 aliphatic heterocycles. The summed E-state index contributed by atoms with van der Waals surface area (Å²) in [6.45, 7) is 8.81. The quantitative estimate of drug-likeness (QED) is 0.822. The summed E-state index contributed by atoms with van der Waals surface area (Å²) < 4.78 is 2.02. The lowest BCUT2D eigenvalue weighted by atomic mass is 10.2. The van der Waals surface area contributed by atoms with Gasteiger partial charge in [0.2, 0.25) is 0 Å². The van der Waals surface area contributed by atoms with Crippen LogP contribution >= 0.6 is 0 Å². The van der Waals surface area contributed by atoms with Gasteiger partial charge in [-0.05, 0) is 33.1 Å². The Bertz CT molecular complexity index is 329. The van der Waals surface area contributed by atoms with Gasteiger partial charge in [0, 0.05) is 29.9 Å². The van der Waals surface area contributed by atoms with Gasteiger partial charge in [-0.3, -0.25) is 4.68 Å². The van der Waals surface area contributed by atoms with E-state index in [1.165, 1.54) is 12.0 Å². The maximum atomic E-state index is 4.36. The zero-order valence-electron chi connectivity index (χ0n) is 10.1. The molecule has 3 atom stereocenters. The minimum absolute atomic E-state index is 0.424. The van der Waals surface area contributed by atoms with Crippen molar-refractivity contribution in [3.05, 3.63) is 18.0 Å². The molecule has 1 aliphatic rings. The van der Waals surface area contributed by atoms with Gasteiger partial charge in [-0.15, -0.1) is 0 Å². The van der Waals surface area contributed by atoms with Gasteiger partial charge in [0.1, 0.15) is 0 Å². The van der Waals surface area contributed by atoms with Crippen LogP contribution in [0.1, 0.15) is 51.8 Å². The molecule has 3 unspecified atom stereocenters. The maximum Gasteiger partial charge on any atom is 0.0537 e. The Labute approximate surface area is 91.9 Å². The lowest BCUT2D eigenvalue weighted by Gasteiger charge is -2.11. The van der Waals surface area contributed by atoms with Crippen molar-refractivity contribution >= 4 is 0 Å². The molecule has 0 saturated heterocycles. The van der Waals surface area contributed by atoms with E-state index in [4.69, 9.17) is 0 Å². The minimum atomic E-state index is 0.424. The molecular weight excluding hydrogens is 186 g/mol. The van der Waals surface area contributed by atoms with Gasteiger partial charge in [0.05, 0.1) is 6.20 Å². The highest BCUT2D eigenvalue weighted by molar-refractivity contribution is 5.11. The van der Waals surface area contributed by atoms with Crippen LogP contribution in [0.3, 0.4) is 0 Å². The van der Waals surface area contributed by atoms with E-state index in [-0.39, 0.29) is 0 Å². The lowest BCUT2D eigenvalue weighted by Crippen LogP contribution is -2.21. The molecule has 1 aliphatic carbocycles. The molecule has 0 bridgehead atoms. The summed E-state index contributed by atoms with van der Waals surface area (Å²) in [6, 6.07) is 1.60. The van der Waals surface area contributed by atoms with Crippen molar-refractivity contribution in [2.75, 3.05) is 0 Å². The number of rotatable bonds is 4. The summed E-state index contributed by atoms with van der Waals surface area (Å²) in [5.41, 5.74) is 1.29. The third-order valence-electron chi connectivity index (χ3n) is 3.22. The first-order valence-corrected chi connectivity index (χ1v) is 5.88. The number of hydrogen-bond acceptors (Lipinski definition) is 2. The fraction of sp³-hybridized carbons (Fsp3) is 0.750. The third kappa shape index (κ3) is 2.40. The molecule has 1 saturated carbocycles. The smallest absolute Gasteiger partial charge is 0.0537 e. The SMILES string of the molecule is CC(NC1CC1C)c1cnn(C(C)C)c1. The molecule has 0 amide bonds. The first kappa shape index (κ1) is 10.7. The van der Waals surface area contributed by atoms with E-state index in [9.17, 15) is 0 Å². The molecule has 3 heteroatoms. The van der Waals surface area contributed by atoms with Crippen LogP contribution in [0.4, 0.5) is 0 Å². The topological polar surface area (TPSA) is 29.9 Å². The summed E-state index contributed by atoms with van der Waals surface area (Å²) in [4.78, 5) is 0. The molecule has 1 N–H and O–H groups in total. The maximum absolute atomic E-state index is 4.36. The summed E-state index contributed by atoms with van der Waals surface area (Å²) in [6.07, 6.45) is 5.45. The molecular formula is C12H21N3. The third-order valence-corrected chi connectivity index (χ3v) is 3.22. The van der Waals surface area contributed by atoms with Gasteiger partial charge in [0.25, 0.3) is 0 Å². The van der Waals surface area contributed by atoms with E-state index < -0.39 is 0 Å². The normalized spacial score (nSPS) is 27.0. The fourth-order valence-electron chi connectivity index (χ4n) is 1.83. The Hall–Kier alpha value is -0.830. The van der Waals surface area contributed by atoms with E-state index in [1.807, 2.05) is 10.9 Å². The van der Waals surface area contributed by atoms with Crippen molar-refractivity contribution in [3.8, 4) is 0 Å². The second-order valence-corrected chi connectivity index (χ2v) is 5.06. The Kier molecular flexibility index (Phi) is 2.83. The average molecular weight is 207 g/mol. The van der Waals surface area contributed by atoms with Gasteiger partial charge < -0.3 is 5.32 Å². The van der Waals surface area contributed by atoms with Crippen molar-refractivity contribution in [2.45, 2.75) is 52.2 Å². The van der Waals surface area contributed by atoms with E-state index >= 15 is 0 Å². The minimum Gasteiger partial charge on any atom is -0.307 e. The molecule has 0 aromatic carbocycles. The molecule has 2 rings (SSSR count). The number of nitrogens with zero attached hydrogens (tertiary/aromatic N) is 2. The van der Waals surface area contributed by atoms with Crippen LogP contribution in [-0.4, -0.2) is 15.8 Å². The van der Waals surface area contributed by atoms with Crippen molar-refractivity contribution in [2.24, 2.45) is 5.92 Å². The molecule has 1 aromatic rings. The lowest BCUT2D eigenvalue weighted by molar-refractivity contribution is 0.526. The van der Waals surface area contributed by atoms with Crippen LogP contribution in [0.5, 0.6) is 0 Å². The van der Waals surface area contributed by atoms with Crippen LogP contribution in [0.15, 0.2) is 12.4 Å². The van der Waals surface area contributed by atoms with Gasteiger partial charge in [0.15, 0.2) is 0 Å². The predicted molar refractivity (Wildman–Crippen MR) is 61.7 cm³/mol. The first-order chi connectivity index (χ1) is 7.08. The Morgan fingerprint density at radius 3 is 2.60 bits per heavy atom. The first-order valence-electron chi connectivity index (χ1n) is 5.88. The summed E-state index contributed by atoms with van der Waals surface area (Å²) in [5, 5.41) is 7.98. The zero-order valence-corrected chi connectivity index (χ0v) is 10.1. The Morgan fingerprint density at radius 1 is 1.47 bits per heavy atom. The van der Waals surface area contributed by atoms with Crippen molar-refractivity contribution in [1.29, 1.82) is 0 Å². The molecule has 3 nitrogen and oxygen atoms in total. The van der Waals surface area contributed by atoms with Crippen molar-refractivity contribution in [1.82, 2.24) is 15.1 Å². The highest BCUT2D eigenvalue weighted by Gasteiger charge is 2.33. The number of hydrogen-bond donors (Lipinski definition) is 1. The van der Waals surface area contributed by atoms with Crippen LogP contribution in [-0.2, 0) is 0 Å². The molecule has 0 spiro atoms. The van der Waals surface area contributed by atoms with Crippen LogP contribution in [0, 0.1) is 5.92 Å². The summed E-state index contributed by atoms with van der Waals surface area (Å²) in [5.74, 6) is 0.854. The average Bonchev–Trinajstić information content (AvgIpc) is 2.71. The Balaban J connectivity index is 1.96. The Morgan fingerprint density at radius 2 is 2.13 bits per heavy atom. The van der Waals surface area contributed by atoms with E-state index in [0.717, 1.165) is 12.0 Å². The van der Waals surface area contributed by atoms with Crippen LogP contribution in [0.2, 0.25) is 0 Å². The predicted octanol–water partition coefficient (Wildman–Crippen LogP) is 2.52. The van der Waals surface area contributed by atoms with Crippen molar-refractivity contribution in [3.63, 3.8) is 0 Å². The molecule has 1 aromatic heterocycles. The molecule has 1 heterocycles. The molecule has 0 radical (unpaired) electrons. The van der Waals surface area contributed by atoms with Crippen molar-refractivity contribution < 1.29 is 0 Å². The van der Waals surface area contributed by atoms with Crippen LogP contribution < -0.4 is 5.32 Å². The number of nitrogens with one attached hydrogen (secondary N) is 1. The molecule has 15 heavy (non-hydrogen) atoms. The summed E-state index contributed by atoms with van der Waals surface area (Å²) >= 11 is 0.